The van der Waals surface area contributed by atoms with E-state index in [0.29, 0.717) is 6.61 Å². The number of aryl methyl sites for hydroxylation is 1. The van der Waals surface area contributed by atoms with Crippen molar-refractivity contribution in [3.63, 3.8) is 0 Å². The Bertz CT molecular complexity index is 612. The van der Waals surface area contributed by atoms with E-state index in [1.54, 1.807) is 23.1 Å². The Morgan fingerprint density at radius 3 is 2.81 bits per heavy atom. The maximum absolute atomic E-state index is 5.92. The van der Waals surface area contributed by atoms with Crippen molar-refractivity contribution in [3.05, 3.63) is 11.5 Å². The Morgan fingerprint density at radius 1 is 1.29 bits per heavy atom. The predicted molar refractivity (Wildman–Crippen MR) is 85.0 cm³/mol. The third-order valence-electron chi connectivity index (χ3n) is 3.48. The van der Waals surface area contributed by atoms with Crippen LogP contribution < -0.4 is 0 Å². The van der Waals surface area contributed by atoms with Crippen LogP contribution in [0.15, 0.2) is 4.34 Å². The minimum Gasteiger partial charge on any atom is -0.381 e. The van der Waals surface area contributed by atoms with Gasteiger partial charge in [-0.3, -0.25) is 0 Å². The predicted octanol–water partition coefficient (Wildman–Crippen LogP) is 3.07. The number of rotatable bonds is 5. The fourth-order valence-corrected chi connectivity index (χ4v) is 3.90. The molecule has 0 N–H and O–H groups in total. The van der Waals surface area contributed by atoms with Crippen LogP contribution in [0.3, 0.4) is 0 Å². The number of fused-ring (bicyclic) bond motifs is 1. The van der Waals surface area contributed by atoms with Crippen molar-refractivity contribution in [1.82, 2.24) is 15.0 Å². The number of ether oxygens (including phenoxy) is 2. The van der Waals surface area contributed by atoms with Gasteiger partial charge in [0.1, 0.15) is 6.61 Å². The van der Waals surface area contributed by atoms with Gasteiger partial charge in [-0.2, -0.15) is 0 Å². The van der Waals surface area contributed by atoms with Gasteiger partial charge in [0.05, 0.1) is 16.5 Å². The van der Waals surface area contributed by atoms with Crippen molar-refractivity contribution < 1.29 is 9.47 Å². The number of aromatic nitrogens is 3. The summed E-state index contributed by atoms with van der Waals surface area (Å²) in [6, 6.07) is 0. The standard InChI is InChI=1S/C14H19N3O2S2/c1-3-10-12-13(17-14(20-2)21-12)16-11(15-10)8-19-9-4-6-18-7-5-9/h9H,3-8H2,1-2H3. The van der Waals surface area contributed by atoms with Crippen molar-refractivity contribution in [2.24, 2.45) is 0 Å². The van der Waals surface area contributed by atoms with Crippen LogP contribution in [0.25, 0.3) is 10.3 Å². The molecule has 1 aliphatic heterocycles. The molecule has 0 atom stereocenters. The maximum atomic E-state index is 5.92. The van der Waals surface area contributed by atoms with Gasteiger partial charge in [0.15, 0.2) is 15.8 Å². The lowest BCUT2D eigenvalue weighted by molar-refractivity contribution is -0.0408. The van der Waals surface area contributed by atoms with E-state index in [9.17, 15) is 0 Å². The minimum absolute atomic E-state index is 0.264. The molecule has 21 heavy (non-hydrogen) atoms. The quantitative estimate of drug-likeness (QED) is 0.788. The minimum atomic E-state index is 0.264. The Kier molecular flexibility index (Phi) is 5.05. The molecule has 0 saturated carbocycles. The normalized spacial score (nSPS) is 16.7. The summed E-state index contributed by atoms with van der Waals surface area (Å²) >= 11 is 3.32. The molecule has 0 spiro atoms. The molecule has 1 aliphatic rings. The SMILES string of the molecule is CCc1nc(COC2CCOCC2)nc2nc(SC)sc12. The fourth-order valence-electron chi connectivity index (χ4n) is 2.34. The van der Waals surface area contributed by atoms with Crippen LogP contribution in [-0.2, 0) is 22.5 Å². The third-order valence-corrected chi connectivity index (χ3v) is 5.56. The lowest BCUT2D eigenvalue weighted by Crippen LogP contribution is -2.23. The van der Waals surface area contributed by atoms with E-state index in [0.717, 1.165) is 58.7 Å². The highest BCUT2D eigenvalue weighted by atomic mass is 32.2. The molecule has 7 heteroatoms. The van der Waals surface area contributed by atoms with Crippen LogP contribution >= 0.6 is 23.1 Å². The van der Waals surface area contributed by atoms with E-state index in [4.69, 9.17) is 9.47 Å². The fraction of sp³-hybridized carbons (Fsp3) is 0.643. The van der Waals surface area contributed by atoms with Gasteiger partial charge in [0.2, 0.25) is 0 Å². The summed E-state index contributed by atoms with van der Waals surface area (Å²) in [5, 5.41) is 0. The highest BCUT2D eigenvalue weighted by Gasteiger charge is 2.16. The molecule has 3 heterocycles. The first-order chi connectivity index (χ1) is 10.3. The highest BCUT2D eigenvalue weighted by molar-refractivity contribution is 8.00. The monoisotopic (exact) mass is 325 g/mol. The van der Waals surface area contributed by atoms with Gasteiger partial charge < -0.3 is 9.47 Å². The van der Waals surface area contributed by atoms with E-state index in [1.807, 2.05) is 6.26 Å². The molecule has 5 nitrogen and oxygen atoms in total. The summed E-state index contributed by atoms with van der Waals surface area (Å²) < 4.78 is 13.4. The van der Waals surface area contributed by atoms with Crippen LogP contribution in [0.5, 0.6) is 0 Å². The summed E-state index contributed by atoms with van der Waals surface area (Å²) in [5.41, 5.74) is 1.88. The summed E-state index contributed by atoms with van der Waals surface area (Å²) in [7, 11) is 0. The molecule has 0 aromatic carbocycles. The zero-order valence-electron chi connectivity index (χ0n) is 12.3. The average Bonchev–Trinajstić information content (AvgIpc) is 2.96. The van der Waals surface area contributed by atoms with Crippen LogP contribution in [0, 0.1) is 0 Å². The first-order valence-corrected chi connectivity index (χ1v) is 9.24. The summed E-state index contributed by atoms with van der Waals surface area (Å²) in [5.74, 6) is 0.740. The van der Waals surface area contributed by atoms with Crippen LogP contribution in [-0.4, -0.2) is 40.5 Å². The van der Waals surface area contributed by atoms with Crippen molar-refractivity contribution in [2.75, 3.05) is 19.5 Å². The van der Waals surface area contributed by atoms with Crippen molar-refractivity contribution in [3.8, 4) is 0 Å². The molecule has 1 fully saturated rings. The van der Waals surface area contributed by atoms with Crippen LogP contribution in [0.1, 0.15) is 31.3 Å². The van der Waals surface area contributed by atoms with Gasteiger partial charge >= 0.3 is 0 Å². The zero-order valence-corrected chi connectivity index (χ0v) is 13.9. The number of hydrogen-bond donors (Lipinski definition) is 0. The smallest absolute Gasteiger partial charge is 0.175 e. The van der Waals surface area contributed by atoms with E-state index in [-0.39, 0.29) is 6.10 Å². The van der Waals surface area contributed by atoms with E-state index < -0.39 is 0 Å². The van der Waals surface area contributed by atoms with E-state index in [2.05, 4.69) is 21.9 Å². The lowest BCUT2D eigenvalue weighted by Gasteiger charge is -2.22. The average molecular weight is 325 g/mol. The number of thioether (sulfide) groups is 1. The number of thiazole rings is 1. The molecule has 0 unspecified atom stereocenters. The lowest BCUT2D eigenvalue weighted by atomic mass is 10.1. The van der Waals surface area contributed by atoms with E-state index in [1.165, 1.54) is 0 Å². The molecule has 2 aromatic heterocycles. The molecule has 0 bridgehead atoms. The van der Waals surface area contributed by atoms with Crippen LogP contribution in [0.2, 0.25) is 0 Å². The van der Waals surface area contributed by atoms with Crippen molar-refractivity contribution in [2.45, 2.75) is 43.2 Å². The molecule has 1 saturated heterocycles. The summed E-state index contributed by atoms with van der Waals surface area (Å²) in [4.78, 5) is 13.8. The molecule has 2 aromatic rings. The van der Waals surface area contributed by atoms with Crippen molar-refractivity contribution >= 4 is 33.4 Å². The first kappa shape index (κ1) is 15.1. The molecule has 0 amide bonds. The van der Waals surface area contributed by atoms with Gasteiger partial charge in [-0.25, -0.2) is 15.0 Å². The topological polar surface area (TPSA) is 57.1 Å². The second-order valence-electron chi connectivity index (χ2n) is 4.90. The third kappa shape index (κ3) is 3.53. The Morgan fingerprint density at radius 2 is 2.10 bits per heavy atom. The summed E-state index contributed by atoms with van der Waals surface area (Å²) in [6.07, 6.45) is 5.10. The Labute approximate surface area is 132 Å². The molecule has 114 valence electrons. The van der Waals surface area contributed by atoms with Gasteiger partial charge in [-0.1, -0.05) is 18.7 Å². The first-order valence-electron chi connectivity index (χ1n) is 7.19. The molecule has 3 rings (SSSR count). The van der Waals surface area contributed by atoms with Gasteiger partial charge in [0.25, 0.3) is 0 Å². The summed E-state index contributed by atoms with van der Waals surface area (Å²) in [6.45, 7) is 4.14. The van der Waals surface area contributed by atoms with Gasteiger partial charge in [0, 0.05) is 13.2 Å². The second-order valence-corrected chi connectivity index (χ2v) is 6.95. The van der Waals surface area contributed by atoms with Gasteiger partial charge in [-0.15, -0.1) is 11.3 Å². The molecule has 0 radical (unpaired) electrons. The molecular weight excluding hydrogens is 306 g/mol. The van der Waals surface area contributed by atoms with E-state index >= 15 is 0 Å². The number of hydrogen-bond acceptors (Lipinski definition) is 7. The van der Waals surface area contributed by atoms with Crippen LogP contribution in [0.4, 0.5) is 0 Å². The maximum Gasteiger partial charge on any atom is 0.175 e. The Hall–Kier alpha value is -0.760. The molecule has 0 aliphatic carbocycles. The largest absolute Gasteiger partial charge is 0.381 e. The van der Waals surface area contributed by atoms with Crippen molar-refractivity contribution in [1.29, 1.82) is 0 Å². The zero-order chi connectivity index (χ0) is 14.7. The second kappa shape index (κ2) is 7.00. The Balaban J connectivity index is 1.78. The molecular formula is C14H19N3O2S2. The van der Waals surface area contributed by atoms with Gasteiger partial charge in [-0.05, 0) is 25.5 Å². The number of nitrogens with zero attached hydrogens (tertiary/aromatic N) is 3. The highest BCUT2D eigenvalue weighted by Crippen LogP contribution is 2.29.